The van der Waals surface area contributed by atoms with Crippen molar-refractivity contribution in [3.8, 4) is 0 Å². The average Bonchev–Trinajstić information content (AvgIpc) is 1.93. The van der Waals surface area contributed by atoms with Crippen LogP contribution in [-0.4, -0.2) is 10.7 Å². The molecule has 2 bridgehead atoms. The first-order valence-corrected chi connectivity index (χ1v) is 5.88. The summed E-state index contributed by atoms with van der Waals surface area (Å²) in [5, 5.41) is 10.2. The molecule has 3 aliphatic rings. The lowest BCUT2D eigenvalue weighted by molar-refractivity contribution is -0.0114. The molecule has 0 saturated heterocycles. The van der Waals surface area contributed by atoms with Crippen molar-refractivity contribution in [3.63, 3.8) is 0 Å². The summed E-state index contributed by atoms with van der Waals surface area (Å²) in [6.45, 7) is 2.05. The molecule has 0 aromatic rings. The van der Waals surface area contributed by atoms with E-state index in [1.54, 1.807) is 0 Å². The number of aliphatic hydroxyl groups is 1. The Labute approximate surface area is 81.5 Å². The number of rotatable bonds is 0. The van der Waals surface area contributed by atoms with Crippen molar-refractivity contribution in [1.29, 1.82) is 0 Å². The van der Waals surface area contributed by atoms with E-state index < -0.39 is 0 Å². The summed E-state index contributed by atoms with van der Waals surface area (Å²) in [7, 11) is 0. The third-order valence-electron chi connectivity index (χ3n) is 3.91. The Hall–Kier alpha value is -0.0400. The van der Waals surface area contributed by atoms with Crippen molar-refractivity contribution in [3.05, 3.63) is 0 Å². The first-order valence-electron chi connectivity index (χ1n) is 5.88. The van der Waals surface area contributed by atoms with Crippen LogP contribution in [-0.2, 0) is 0 Å². The molecule has 0 spiro atoms. The molecular weight excluding hydrogens is 160 g/mol. The highest BCUT2D eigenvalue weighted by Gasteiger charge is 2.32. The van der Waals surface area contributed by atoms with Crippen LogP contribution in [0.2, 0.25) is 0 Å². The largest absolute Gasteiger partial charge is 0.390 e. The summed E-state index contributed by atoms with van der Waals surface area (Å²) < 4.78 is 0. The summed E-state index contributed by atoms with van der Waals surface area (Å²) in [5.74, 6) is 1.63. The van der Waals surface area contributed by atoms with E-state index in [0.29, 0.717) is 0 Å². The Morgan fingerprint density at radius 2 is 1.31 bits per heavy atom. The molecule has 3 rings (SSSR count). The molecular formula is C12H22O. The van der Waals surface area contributed by atoms with Gasteiger partial charge in [-0.05, 0) is 31.6 Å². The Morgan fingerprint density at radius 3 is 1.69 bits per heavy atom. The van der Waals surface area contributed by atoms with Crippen LogP contribution in [0.15, 0.2) is 0 Å². The summed E-state index contributed by atoms with van der Waals surface area (Å²) in [6.07, 6.45) is 10.4. The fourth-order valence-corrected chi connectivity index (χ4v) is 3.41. The van der Waals surface area contributed by atoms with Gasteiger partial charge in [0, 0.05) is 0 Å². The second-order valence-corrected chi connectivity index (χ2v) is 5.50. The van der Waals surface area contributed by atoms with Gasteiger partial charge in [-0.1, -0.05) is 38.5 Å². The van der Waals surface area contributed by atoms with Crippen LogP contribution < -0.4 is 0 Å². The van der Waals surface area contributed by atoms with Gasteiger partial charge in [-0.15, -0.1) is 0 Å². The minimum atomic E-state index is -0.351. The predicted octanol–water partition coefficient (Wildman–Crippen LogP) is 3.12. The van der Waals surface area contributed by atoms with Crippen molar-refractivity contribution in [1.82, 2.24) is 0 Å². The first-order chi connectivity index (χ1) is 6.16. The molecule has 0 aliphatic heterocycles. The Morgan fingerprint density at radius 1 is 0.923 bits per heavy atom. The monoisotopic (exact) mass is 182 g/mol. The Bertz CT molecular complexity index is 148. The van der Waals surface area contributed by atoms with E-state index in [1.807, 2.05) is 6.92 Å². The number of hydrogen-bond donors (Lipinski definition) is 1. The van der Waals surface area contributed by atoms with Gasteiger partial charge < -0.3 is 5.11 Å². The lowest BCUT2D eigenvalue weighted by atomic mass is 9.72. The van der Waals surface area contributed by atoms with Crippen molar-refractivity contribution in [2.24, 2.45) is 11.8 Å². The highest BCUT2D eigenvalue weighted by atomic mass is 16.3. The molecule has 13 heavy (non-hydrogen) atoms. The van der Waals surface area contributed by atoms with Crippen LogP contribution in [0.3, 0.4) is 0 Å². The molecule has 1 heteroatoms. The van der Waals surface area contributed by atoms with Gasteiger partial charge in [0.2, 0.25) is 0 Å². The van der Waals surface area contributed by atoms with Crippen molar-refractivity contribution >= 4 is 0 Å². The maximum absolute atomic E-state index is 10.2. The van der Waals surface area contributed by atoms with E-state index in [9.17, 15) is 5.11 Å². The maximum atomic E-state index is 10.2. The standard InChI is InChI=1S/C12H22O/c1-12(13)8-10-4-2-5-11(9-12)7-3-6-10/h10-11,13H,2-9H2,1H3. The quantitative estimate of drug-likeness (QED) is 0.610. The molecule has 1 N–H and O–H groups in total. The van der Waals surface area contributed by atoms with E-state index >= 15 is 0 Å². The van der Waals surface area contributed by atoms with Crippen LogP contribution in [0.25, 0.3) is 0 Å². The molecule has 0 radical (unpaired) electrons. The molecule has 3 aliphatic carbocycles. The average molecular weight is 182 g/mol. The fraction of sp³-hybridized carbons (Fsp3) is 1.00. The number of fused-ring (bicyclic) bond motifs is 6. The molecule has 0 atom stereocenters. The first kappa shape index (κ1) is 9.51. The van der Waals surface area contributed by atoms with E-state index in [4.69, 9.17) is 0 Å². The summed E-state index contributed by atoms with van der Waals surface area (Å²) >= 11 is 0. The van der Waals surface area contributed by atoms with Crippen LogP contribution in [0, 0.1) is 11.8 Å². The zero-order valence-corrected chi connectivity index (χ0v) is 8.76. The topological polar surface area (TPSA) is 20.2 Å². The van der Waals surface area contributed by atoms with Gasteiger partial charge in [-0.2, -0.15) is 0 Å². The summed E-state index contributed by atoms with van der Waals surface area (Å²) in [6, 6.07) is 0. The molecule has 1 nitrogen and oxygen atoms in total. The molecule has 3 fully saturated rings. The maximum Gasteiger partial charge on any atom is 0.0625 e. The lowest BCUT2D eigenvalue weighted by Gasteiger charge is -2.37. The molecule has 76 valence electrons. The second kappa shape index (κ2) is 3.61. The highest BCUT2D eigenvalue weighted by Crippen LogP contribution is 2.39. The van der Waals surface area contributed by atoms with Gasteiger partial charge in [0.1, 0.15) is 0 Å². The van der Waals surface area contributed by atoms with E-state index in [2.05, 4.69) is 0 Å². The summed E-state index contributed by atoms with van der Waals surface area (Å²) in [5.41, 5.74) is -0.351. The van der Waals surface area contributed by atoms with Crippen LogP contribution in [0.4, 0.5) is 0 Å². The van der Waals surface area contributed by atoms with Gasteiger partial charge in [0.25, 0.3) is 0 Å². The van der Waals surface area contributed by atoms with Crippen LogP contribution in [0.5, 0.6) is 0 Å². The molecule has 0 heterocycles. The van der Waals surface area contributed by atoms with Crippen molar-refractivity contribution < 1.29 is 5.11 Å². The molecule has 0 aromatic heterocycles. The molecule has 3 saturated carbocycles. The number of hydrogen-bond acceptors (Lipinski definition) is 1. The minimum absolute atomic E-state index is 0.351. The normalized spacial score (nSPS) is 46.6. The van der Waals surface area contributed by atoms with Crippen LogP contribution >= 0.6 is 0 Å². The van der Waals surface area contributed by atoms with Crippen molar-refractivity contribution in [2.75, 3.05) is 0 Å². The van der Waals surface area contributed by atoms with Crippen LogP contribution in [0.1, 0.15) is 58.3 Å². The van der Waals surface area contributed by atoms with Crippen molar-refractivity contribution in [2.45, 2.75) is 63.9 Å². The second-order valence-electron chi connectivity index (χ2n) is 5.50. The third kappa shape index (κ3) is 2.46. The third-order valence-corrected chi connectivity index (χ3v) is 3.91. The lowest BCUT2D eigenvalue weighted by Crippen LogP contribution is -2.34. The van der Waals surface area contributed by atoms with Gasteiger partial charge >= 0.3 is 0 Å². The zero-order chi connectivity index (χ0) is 9.31. The van der Waals surface area contributed by atoms with Gasteiger partial charge in [-0.3, -0.25) is 0 Å². The van der Waals surface area contributed by atoms with Gasteiger partial charge in [-0.25, -0.2) is 0 Å². The van der Waals surface area contributed by atoms with Gasteiger partial charge in [0.05, 0.1) is 5.60 Å². The molecule has 0 amide bonds. The SMILES string of the molecule is CC1(O)CC2CCCC(CCC2)C1. The minimum Gasteiger partial charge on any atom is -0.390 e. The molecule has 0 aromatic carbocycles. The Kier molecular flexibility index (Phi) is 2.64. The fourth-order valence-electron chi connectivity index (χ4n) is 3.41. The van der Waals surface area contributed by atoms with E-state index in [0.717, 1.165) is 24.7 Å². The van der Waals surface area contributed by atoms with E-state index in [-0.39, 0.29) is 5.60 Å². The summed E-state index contributed by atoms with van der Waals surface area (Å²) in [4.78, 5) is 0. The predicted molar refractivity (Wildman–Crippen MR) is 54.5 cm³/mol. The van der Waals surface area contributed by atoms with E-state index in [1.165, 1.54) is 38.5 Å². The zero-order valence-electron chi connectivity index (χ0n) is 8.76. The molecule has 0 unspecified atom stereocenters. The highest BCUT2D eigenvalue weighted by molar-refractivity contribution is 4.85. The Balaban J connectivity index is 2.09. The smallest absolute Gasteiger partial charge is 0.0625 e. The van der Waals surface area contributed by atoms with Gasteiger partial charge in [0.15, 0.2) is 0 Å².